The zero-order chi connectivity index (χ0) is 14.2. The average molecular weight is 279 g/mol. The van der Waals surface area contributed by atoms with Crippen molar-refractivity contribution in [3.63, 3.8) is 0 Å². The van der Waals surface area contributed by atoms with Crippen molar-refractivity contribution in [2.24, 2.45) is 11.3 Å². The number of rotatable bonds is 3. The lowest BCUT2D eigenvalue weighted by Gasteiger charge is -2.55. The summed E-state index contributed by atoms with van der Waals surface area (Å²) in [7, 11) is 2.26. The highest BCUT2D eigenvalue weighted by atomic mass is 15.2. The molecule has 116 valence electrons. The van der Waals surface area contributed by atoms with Gasteiger partial charge in [-0.1, -0.05) is 0 Å². The van der Waals surface area contributed by atoms with Gasteiger partial charge in [-0.2, -0.15) is 0 Å². The summed E-state index contributed by atoms with van der Waals surface area (Å²) in [6.45, 7) is 14.1. The van der Waals surface area contributed by atoms with Gasteiger partial charge in [0.1, 0.15) is 0 Å². The molecule has 0 amide bonds. The molecule has 3 fully saturated rings. The van der Waals surface area contributed by atoms with Crippen LogP contribution in [0, 0.1) is 11.3 Å². The zero-order valence-corrected chi connectivity index (χ0v) is 13.8. The van der Waals surface area contributed by atoms with Crippen molar-refractivity contribution >= 4 is 0 Å². The minimum Gasteiger partial charge on any atom is -0.306 e. The fourth-order valence-corrected chi connectivity index (χ4v) is 4.47. The Morgan fingerprint density at radius 1 is 1.00 bits per heavy atom. The zero-order valence-electron chi connectivity index (χ0n) is 13.8. The van der Waals surface area contributed by atoms with E-state index in [1.807, 2.05) is 0 Å². The Kier molecular flexibility index (Phi) is 4.40. The molecule has 0 bridgehead atoms. The van der Waals surface area contributed by atoms with Gasteiger partial charge >= 0.3 is 0 Å². The van der Waals surface area contributed by atoms with E-state index in [1.54, 1.807) is 0 Å². The minimum atomic E-state index is 0.705. The summed E-state index contributed by atoms with van der Waals surface area (Å²) in [5.74, 6) is 0.972. The molecule has 0 N–H and O–H groups in total. The quantitative estimate of drug-likeness (QED) is 0.784. The first-order valence-corrected chi connectivity index (χ1v) is 8.71. The maximum absolute atomic E-state index is 2.75. The molecule has 3 heterocycles. The van der Waals surface area contributed by atoms with Crippen molar-refractivity contribution in [3.8, 4) is 0 Å². The van der Waals surface area contributed by atoms with E-state index in [0.29, 0.717) is 5.41 Å². The molecule has 3 aliphatic heterocycles. The van der Waals surface area contributed by atoms with E-state index in [2.05, 4.69) is 35.6 Å². The smallest absolute Gasteiger partial charge is 0.00516 e. The van der Waals surface area contributed by atoms with E-state index in [1.165, 1.54) is 71.5 Å². The van der Waals surface area contributed by atoms with Crippen LogP contribution in [0.5, 0.6) is 0 Å². The van der Waals surface area contributed by atoms with E-state index in [-0.39, 0.29) is 0 Å². The van der Waals surface area contributed by atoms with Crippen molar-refractivity contribution in [1.82, 2.24) is 14.7 Å². The van der Waals surface area contributed by atoms with Gasteiger partial charge in [0.15, 0.2) is 0 Å². The Morgan fingerprint density at radius 2 is 1.60 bits per heavy atom. The Labute approximate surface area is 125 Å². The van der Waals surface area contributed by atoms with Crippen LogP contribution in [0.25, 0.3) is 0 Å². The molecular weight excluding hydrogens is 246 g/mol. The maximum atomic E-state index is 2.75. The third-order valence-corrected chi connectivity index (χ3v) is 6.06. The van der Waals surface area contributed by atoms with Crippen molar-refractivity contribution in [2.45, 2.75) is 45.6 Å². The van der Waals surface area contributed by atoms with Crippen LogP contribution in [-0.4, -0.2) is 73.6 Å². The Balaban J connectivity index is 1.38. The summed E-state index contributed by atoms with van der Waals surface area (Å²) in [6.07, 6.45) is 5.71. The molecule has 0 aromatic rings. The van der Waals surface area contributed by atoms with Crippen molar-refractivity contribution in [1.29, 1.82) is 0 Å². The van der Waals surface area contributed by atoms with E-state index >= 15 is 0 Å². The van der Waals surface area contributed by atoms with Gasteiger partial charge in [-0.3, -0.25) is 0 Å². The van der Waals surface area contributed by atoms with E-state index < -0.39 is 0 Å². The molecule has 1 spiro atoms. The molecule has 0 radical (unpaired) electrons. The van der Waals surface area contributed by atoms with Crippen LogP contribution in [-0.2, 0) is 0 Å². The van der Waals surface area contributed by atoms with Crippen LogP contribution in [0.2, 0.25) is 0 Å². The second-order valence-electron chi connectivity index (χ2n) is 8.05. The van der Waals surface area contributed by atoms with Crippen LogP contribution >= 0.6 is 0 Å². The molecular formula is C17H33N3. The van der Waals surface area contributed by atoms with Gasteiger partial charge in [-0.05, 0) is 84.1 Å². The van der Waals surface area contributed by atoms with Crippen LogP contribution in [0.1, 0.15) is 39.5 Å². The summed E-state index contributed by atoms with van der Waals surface area (Å²) >= 11 is 0. The molecule has 3 aliphatic rings. The number of hydrogen-bond donors (Lipinski definition) is 0. The predicted molar refractivity (Wildman–Crippen MR) is 85.0 cm³/mol. The summed E-state index contributed by atoms with van der Waals surface area (Å²) in [5.41, 5.74) is 0.705. The lowest BCUT2D eigenvalue weighted by molar-refractivity contribution is -0.0606. The summed E-state index contributed by atoms with van der Waals surface area (Å²) in [5, 5.41) is 0. The van der Waals surface area contributed by atoms with Gasteiger partial charge in [0, 0.05) is 25.7 Å². The van der Waals surface area contributed by atoms with Gasteiger partial charge in [0.25, 0.3) is 0 Å². The fourth-order valence-electron chi connectivity index (χ4n) is 4.47. The predicted octanol–water partition coefficient (Wildman–Crippen LogP) is 2.13. The second kappa shape index (κ2) is 5.94. The van der Waals surface area contributed by atoms with Crippen molar-refractivity contribution in [2.75, 3.05) is 52.9 Å². The lowest BCUT2D eigenvalue weighted by atomic mass is 9.71. The first-order valence-electron chi connectivity index (χ1n) is 8.71. The lowest BCUT2D eigenvalue weighted by Crippen LogP contribution is -2.61. The van der Waals surface area contributed by atoms with Crippen LogP contribution in [0.3, 0.4) is 0 Å². The number of nitrogens with zero attached hydrogens (tertiary/aromatic N) is 3. The molecule has 3 nitrogen and oxygen atoms in total. The summed E-state index contributed by atoms with van der Waals surface area (Å²) < 4.78 is 0. The number of piperidine rings is 2. The van der Waals surface area contributed by atoms with Crippen LogP contribution in [0.15, 0.2) is 0 Å². The third-order valence-electron chi connectivity index (χ3n) is 6.06. The van der Waals surface area contributed by atoms with E-state index in [0.717, 1.165) is 12.0 Å². The average Bonchev–Trinajstić information content (AvgIpc) is 2.40. The maximum Gasteiger partial charge on any atom is 0.00516 e. The highest BCUT2D eigenvalue weighted by molar-refractivity contribution is 4.99. The van der Waals surface area contributed by atoms with E-state index in [9.17, 15) is 0 Å². The van der Waals surface area contributed by atoms with Gasteiger partial charge in [-0.25, -0.2) is 0 Å². The van der Waals surface area contributed by atoms with Gasteiger partial charge in [0.05, 0.1) is 0 Å². The molecule has 3 saturated heterocycles. The molecule has 0 atom stereocenters. The fraction of sp³-hybridized carbons (Fsp3) is 1.00. The second-order valence-corrected chi connectivity index (χ2v) is 8.05. The molecule has 3 heteroatoms. The molecule has 0 unspecified atom stereocenters. The van der Waals surface area contributed by atoms with Gasteiger partial charge in [0.2, 0.25) is 0 Å². The van der Waals surface area contributed by atoms with Crippen molar-refractivity contribution in [3.05, 3.63) is 0 Å². The third kappa shape index (κ3) is 3.20. The molecule has 0 aromatic carbocycles. The Bertz CT molecular complexity index is 304. The monoisotopic (exact) mass is 279 g/mol. The number of hydrogen-bond acceptors (Lipinski definition) is 3. The summed E-state index contributed by atoms with van der Waals surface area (Å²) in [4.78, 5) is 7.89. The van der Waals surface area contributed by atoms with Gasteiger partial charge in [-0.15, -0.1) is 0 Å². The molecule has 0 aromatic heterocycles. The number of likely N-dealkylation sites (tertiary alicyclic amines) is 3. The van der Waals surface area contributed by atoms with E-state index in [4.69, 9.17) is 0 Å². The largest absolute Gasteiger partial charge is 0.306 e. The Morgan fingerprint density at radius 3 is 2.15 bits per heavy atom. The molecule has 3 rings (SSSR count). The highest BCUT2D eigenvalue weighted by Crippen LogP contribution is 2.41. The van der Waals surface area contributed by atoms with Crippen molar-refractivity contribution < 1.29 is 0 Å². The molecule has 20 heavy (non-hydrogen) atoms. The first-order chi connectivity index (χ1) is 9.56. The van der Waals surface area contributed by atoms with Crippen LogP contribution in [0.4, 0.5) is 0 Å². The summed E-state index contributed by atoms with van der Waals surface area (Å²) in [6, 6.07) is 0.739. The topological polar surface area (TPSA) is 9.72 Å². The first kappa shape index (κ1) is 14.8. The van der Waals surface area contributed by atoms with Gasteiger partial charge < -0.3 is 14.7 Å². The highest BCUT2D eigenvalue weighted by Gasteiger charge is 2.45. The molecule has 0 saturated carbocycles. The SMILES string of the molecule is CC(C)N1CCC2(CC1)CN(CC1CCN(C)CC1)C2. The van der Waals surface area contributed by atoms with Crippen LogP contribution < -0.4 is 0 Å². The minimum absolute atomic E-state index is 0.705. The Hall–Kier alpha value is -0.120. The normalized spacial score (nSPS) is 30.0. The molecule has 0 aliphatic carbocycles. The standard InChI is InChI=1S/C17H33N3/c1-15(2)20-10-6-17(7-11-20)13-19(14-17)12-16-4-8-18(3)9-5-16/h15-16H,4-14H2,1-3H3.